The standard InChI is InChI=1S/C23H44O4/c1-22(2,17-11-19-24)15-9-5-7-12-20(25)13-8-6-10-16-23(3,4)18-14-21(26)27/h24H,5-19H2,1-4H3,(H,26,27). The van der Waals surface area contributed by atoms with Crippen LogP contribution in [0.15, 0.2) is 0 Å². The zero-order valence-electron chi connectivity index (χ0n) is 18.3. The van der Waals surface area contributed by atoms with Crippen molar-refractivity contribution >= 4 is 11.8 Å². The van der Waals surface area contributed by atoms with Crippen LogP contribution in [-0.2, 0) is 9.59 Å². The zero-order valence-corrected chi connectivity index (χ0v) is 18.3. The van der Waals surface area contributed by atoms with Gasteiger partial charge in [0.1, 0.15) is 5.78 Å². The van der Waals surface area contributed by atoms with E-state index in [4.69, 9.17) is 10.2 Å². The number of carbonyl (C=O) groups excluding carboxylic acids is 1. The van der Waals surface area contributed by atoms with Gasteiger partial charge >= 0.3 is 5.97 Å². The van der Waals surface area contributed by atoms with Crippen molar-refractivity contribution in [2.45, 2.75) is 118 Å². The van der Waals surface area contributed by atoms with Crippen LogP contribution in [0.5, 0.6) is 0 Å². The van der Waals surface area contributed by atoms with Crippen molar-refractivity contribution < 1.29 is 19.8 Å². The molecule has 160 valence electrons. The minimum Gasteiger partial charge on any atom is -0.481 e. The predicted molar refractivity (Wildman–Crippen MR) is 112 cm³/mol. The molecular weight excluding hydrogens is 340 g/mol. The number of carbonyl (C=O) groups is 2. The van der Waals surface area contributed by atoms with Gasteiger partial charge in [-0.3, -0.25) is 9.59 Å². The normalized spacial score (nSPS) is 12.3. The number of carboxylic acid groups (broad SMARTS) is 1. The van der Waals surface area contributed by atoms with E-state index in [1.807, 2.05) is 0 Å². The molecule has 0 spiro atoms. The molecule has 0 amide bonds. The molecule has 0 atom stereocenters. The van der Waals surface area contributed by atoms with E-state index in [1.54, 1.807) is 0 Å². The first-order valence-corrected chi connectivity index (χ1v) is 10.9. The zero-order chi connectivity index (χ0) is 20.8. The van der Waals surface area contributed by atoms with E-state index in [1.165, 1.54) is 6.42 Å². The summed E-state index contributed by atoms with van der Waals surface area (Å²) in [6.07, 6.45) is 12.9. The van der Waals surface area contributed by atoms with Crippen molar-refractivity contribution in [3.05, 3.63) is 0 Å². The van der Waals surface area contributed by atoms with Crippen molar-refractivity contribution in [2.24, 2.45) is 10.8 Å². The number of hydrogen-bond acceptors (Lipinski definition) is 3. The van der Waals surface area contributed by atoms with Crippen LogP contribution in [0.25, 0.3) is 0 Å². The first-order valence-electron chi connectivity index (χ1n) is 10.9. The van der Waals surface area contributed by atoms with Gasteiger partial charge in [0, 0.05) is 25.9 Å². The van der Waals surface area contributed by atoms with Gasteiger partial charge in [-0.25, -0.2) is 0 Å². The second kappa shape index (κ2) is 14.1. The van der Waals surface area contributed by atoms with Crippen molar-refractivity contribution in [2.75, 3.05) is 6.61 Å². The Hall–Kier alpha value is -0.900. The third-order valence-electron chi connectivity index (χ3n) is 5.65. The summed E-state index contributed by atoms with van der Waals surface area (Å²) < 4.78 is 0. The maximum absolute atomic E-state index is 12.0. The predicted octanol–water partition coefficient (Wildman–Crippen LogP) is 6.15. The second-order valence-corrected chi connectivity index (χ2v) is 9.71. The fourth-order valence-corrected chi connectivity index (χ4v) is 3.58. The molecule has 0 saturated heterocycles. The fraction of sp³-hybridized carbons (Fsp3) is 0.913. The summed E-state index contributed by atoms with van der Waals surface area (Å²) in [4.78, 5) is 22.7. The molecule has 0 rings (SSSR count). The van der Waals surface area contributed by atoms with Crippen LogP contribution in [-0.4, -0.2) is 28.6 Å². The van der Waals surface area contributed by atoms with Gasteiger partial charge in [0.15, 0.2) is 0 Å². The third kappa shape index (κ3) is 17.0. The number of aliphatic hydroxyl groups is 1. The number of Topliss-reactive ketones (excluding diaryl/α,β-unsaturated/α-hetero) is 1. The molecule has 0 saturated carbocycles. The fourth-order valence-electron chi connectivity index (χ4n) is 3.58. The van der Waals surface area contributed by atoms with E-state index in [0.29, 0.717) is 24.0 Å². The lowest BCUT2D eigenvalue weighted by Crippen LogP contribution is -2.13. The molecule has 0 heterocycles. The SMILES string of the molecule is CC(C)(CCCO)CCCCCC(=O)CCCCCC(C)(C)CCC(=O)O. The van der Waals surface area contributed by atoms with Crippen LogP contribution in [0.1, 0.15) is 118 Å². The van der Waals surface area contributed by atoms with Gasteiger partial charge in [-0.2, -0.15) is 0 Å². The topological polar surface area (TPSA) is 74.6 Å². The summed E-state index contributed by atoms with van der Waals surface area (Å²) in [5.74, 6) is -0.331. The van der Waals surface area contributed by atoms with Crippen LogP contribution in [0, 0.1) is 10.8 Å². The van der Waals surface area contributed by atoms with Gasteiger partial charge in [-0.15, -0.1) is 0 Å². The highest BCUT2D eigenvalue weighted by molar-refractivity contribution is 5.78. The molecule has 0 radical (unpaired) electrons. The average molecular weight is 385 g/mol. The summed E-state index contributed by atoms with van der Waals surface area (Å²) in [5.41, 5.74) is 0.373. The van der Waals surface area contributed by atoms with Crippen LogP contribution in [0.3, 0.4) is 0 Å². The van der Waals surface area contributed by atoms with Crippen LogP contribution in [0.2, 0.25) is 0 Å². The summed E-state index contributed by atoms with van der Waals surface area (Å²) in [6.45, 7) is 9.06. The maximum atomic E-state index is 12.0. The summed E-state index contributed by atoms with van der Waals surface area (Å²) in [7, 11) is 0. The smallest absolute Gasteiger partial charge is 0.303 e. The number of unbranched alkanes of at least 4 members (excludes halogenated alkanes) is 4. The number of carboxylic acids is 1. The van der Waals surface area contributed by atoms with E-state index >= 15 is 0 Å². The highest BCUT2D eigenvalue weighted by Gasteiger charge is 2.19. The van der Waals surface area contributed by atoms with Crippen molar-refractivity contribution in [1.82, 2.24) is 0 Å². The second-order valence-electron chi connectivity index (χ2n) is 9.71. The molecule has 0 bridgehead atoms. The quantitative estimate of drug-likeness (QED) is 0.278. The lowest BCUT2D eigenvalue weighted by Gasteiger charge is -2.24. The van der Waals surface area contributed by atoms with Crippen molar-refractivity contribution in [3.63, 3.8) is 0 Å². The van der Waals surface area contributed by atoms with Gasteiger partial charge < -0.3 is 10.2 Å². The largest absolute Gasteiger partial charge is 0.481 e. The highest BCUT2D eigenvalue weighted by Crippen LogP contribution is 2.30. The van der Waals surface area contributed by atoms with Gasteiger partial charge in [-0.1, -0.05) is 53.4 Å². The molecule has 4 nitrogen and oxygen atoms in total. The lowest BCUT2D eigenvalue weighted by molar-refractivity contribution is -0.137. The van der Waals surface area contributed by atoms with Crippen LogP contribution in [0.4, 0.5) is 0 Å². The Balaban J connectivity index is 3.63. The van der Waals surface area contributed by atoms with Crippen molar-refractivity contribution in [3.8, 4) is 0 Å². The summed E-state index contributed by atoms with van der Waals surface area (Å²) in [5, 5.41) is 17.7. The van der Waals surface area contributed by atoms with Crippen molar-refractivity contribution in [1.29, 1.82) is 0 Å². The molecular formula is C23H44O4. The summed E-state index contributed by atoms with van der Waals surface area (Å²) >= 11 is 0. The number of aliphatic carboxylic acids is 1. The first kappa shape index (κ1) is 26.1. The van der Waals surface area contributed by atoms with E-state index in [9.17, 15) is 9.59 Å². The Kier molecular flexibility index (Phi) is 13.7. The molecule has 27 heavy (non-hydrogen) atoms. The Bertz CT molecular complexity index is 413. The molecule has 0 aliphatic heterocycles. The van der Waals surface area contributed by atoms with Crippen LogP contribution >= 0.6 is 0 Å². The van der Waals surface area contributed by atoms with Gasteiger partial charge in [0.2, 0.25) is 0 Å². The van der Waals surface area contributed by atoms with E-state index in [0.717, 1.165) is 64.2 Å². The Morgan fingerprint density at radius 2 is 1.07 bits per heavy atom. The Morgan fingerprint density at radius 3 is 1.52 bits per heavy atom. The molecule has 0 aromatic rings. The van der Waals surface area contributed by atoms with E-state index in [2.05, 4.69) is 27.7 Å². The Morgan fingerprint density at radius 1 is 0.630 bits per heavy atom. The molecule has 4 heteroatoms. The number of rotatable bonds is 18. The molecule has 0 aliphatic rings. The maximum Gasteiger partial charge on any atom is 0.303 e. The molecule has 0 aromatic carbocycles. The summed E-state index contributed by atoms with van der Waals surface area (Å²) in [6, 6.07) is 0. The minimum atomic E-state index is -0.720. The molecule has 2 N–H and O–H groups in total. The Labute approximate surface area is 167 Å². The average Bonchev–Trinajstić information content (AvgIpc) is 2.57. The van der Waals surface area contributed by atoms with Crippen LogP contribution < -0.4 is 0 Å². The minimum absolute atomic E-state index is 0.0767. The van der Waals surface area contributed by atoms with Gasteiger partial charge in [0.05, 0.1) is 0 Å². The van der Waals surface area contributed by atoms with E-state index in [-0.39, 0.29) is 18.4 Å². The number of hydrogen-bond donors (Lipinski definition) is 2. The molecule has 0 unspecified atom stereocenters. The molecule has 0 aromatic heterocycles. The number of aliphatic hydroxyl groups excluding tert-OH is 1. The van der Waals surface area contributed by atoms with Gasteiger partial charge in [0.25, 0.3) is 0 Å². The third-order valence-corrected chi connectivity index (χ3v) is 5.65. The molecule has 0 fully saturated rings. The monoisotopic (exact) mass is 384 g/mol. The highest BCUT2D eigenvalue weighted by atomic mass is 16.4. The van der Waals surface area contributed by atoms with E-state index < -0.39 is 5.97 Å². The first-order chi connectivity index (χ1) is 12.6. The molecule has 0 aliphatic carbocycles. The van der Waals surface area contributed by atoms with Gasteiger partial charge in [-0.05, 0) is 55.8 Å². The number of ketones is 1. The lowest BCUT2D eigenvalue weighted by atomic mass is 9.82.